The second-order valence-corrected chi connectivity index (χ2v) is 2.69. The minimum Gasteiger partial charge on any atom is -0.299 e. The molecule has 1 rings (SSSR count). The van der Waals surface area contributed by atoms with Crippen LogP contribution in [0.1, 0.15) is 12.1 Å². The first-order valence-electron chi connectivity index (χ1n) is 3.83. The van der Waals surface area contributed by atoms with Gasteiger partial charge < -0.3 is 0 Å². The van der Waals surface area contributed by atoms with E-state index >= 15 is 0 Å². The zero-order valence-electron chi connectivity index (χ0n) is 7.16. The Hall–Kier alpha value is -1.38. The van der Waals surface area contributed by atoms with Gasteiger partial charge in [0.25, 0.3) is 0 Å². The van der Waals surface area contributed by atoms with Crippen LogP contribution in [0.2, 0.25) is 0 Å². The summed E-state index contributed by atoms with van der Waals surface area (Å²) >= 11 is 0. The maximum absolute atomic E-state index is 11.1. The summed E-state index contributed by atoms with van der Waals surface area (Å²) in [7, 11) is 1.83. The van der Waals surface area contributed by atoms with E-state index in [1.165, 1.54) is 0 Å². The van der Waals surface area contributed by atoms with Crippen LogP contribution in [-0.2, 0) is 18.3 Å². The zero-order valence-corrected chi connectivity index (χ0v) is 7.16. The number of allylic oxidation sites excluding steroid dienone is 1. The Balaban J connectivity index is 2.52. The molecule has 1 aromatic rings. The normalized spacial score (nSPS) is 9.75. The molecule has 0 fully saturated rings. The molecule has 0 aliphatic rings. The Morgan fingerprint density at radius 3 is 3.08 bits per heavy atom. The minimum atomic E-state index is 0.156. The van der Waals surface area contributed by atoms with Crippen molar-refractivity contribution >= 4 is 5.78 Å². The van der Waals surface area contributed by atoms with Gasteiger partial charge in [-0.3, -0.25) is 9.48 Å². The third-order valence-electron chi connectivity index (χ3n) is 1.52. The highest BCUT2D eigenvalue weighted by Gasteiger charge is 2.03. The fraction of sp³-hybridized carbons (Fsp3) is 0.333. The molecule has 0 bridgehead atoms. The number of aromatic nitrogens is 2. The average molecular weight is 164 g/mol. The molecule has 0 spiro atoms. The molecule has 0 saturated carbocycles. The molecule has 3 nitrogen and oxygen atoms in total. The molecule has 0 radical (unpaired) electrons. The molecule has 0 aromatic carbocycles. The van der Waals surface area contributed by atoms with Crippen molar-refractivity contribution < 1.29 is 4.79 Å². The molecule has 1 heterocycles. The van der Waals surface area contributed by atoms with Crippen molar-refractivity contribution in [2.75, 3.05) is 0 Å². The fourth-order valence-corrected chi connectivity index (χ4v) is 0.993. The summed E-state index contributed by atoms with van der Waals surface area (Å²) in [6.45, 7) is 3.50. The SMILES string of the molecule is C=CCC(=O)Cc1ccn(C)n1. The van der Waals surface area contributed by atoms with Crippen molar-refractivity contribution in [3.05, 3.63) is 30.6 Å². The monoisotopic (exact) mass is 164 g/mol. The van der Waals surface area contributed by atoms with Crippen LogP contribution in [0.3, 0.4) is 0 Å². The van der Waals surface area contributed by atoms with Crippen molar-refractivity contribution in [1.29, 1.82) is 0 Å². The largest absolute Gasteiger partial charge is 0.299 e. The van der Waals surface area contributed by atoms with Gasteiger partial charge in [0.05, 0.1) is 12.1 Å². The average Bonchev–Trinajstić information content (AvgIpc) is 2.36. The van der Waals surface area contributed by atoms with Crippen LogP contribution in [0.25, 0.3) is 0 Å². The third-order valence-corrected chi connectivity index (χ3v) is 1.52. The first-order valence-corrected chi connectivity index (χ1v) is 3.83. The lowest BCUT2D eigenvalue weighted by molar-refractivity contribution is -0.117. The second-order valence-electron chi connectivity index (χ2n) is 2.69. The molecule has 0 aliphatic carbocycles. The molecule has 64 valence electrons. The summed E-state index contributed by atoms with van der Waals surface area (Å²) in [6, 6.07) is 1.85. The number of aryl methyl sites for hydroxylation is 1. The van der Waals surface area contributed by atoms with E-state index in [9.17, 15) is 4.79 Å². The van der Waals surface area contributed by atoms with Crippen molar-refractivity contribution in [2.24, 2.45) is 7.05 Å². The summed E-state index contributed by atoms with van der Waals surface area (Å²) in [6.07, 6.45) is 4.28. The van der Waals surface area contributed by atoms with Gasteiger partial charge in [0.15, 0.2) is 0 Å². The van der Waals surface area contributed by atoms with Gasteiger partial charge in [-0.1, -0.05) is 6.08 Å². The summed E-state index contributed by atoms with van der Waals surface area (Å²) in [5, 5.41) is 4.09. The Labute approximate surface area is 71.7 Å². The van der Waals surface area contributed by atoms with Crippen LogP contribution in [0, 0.1) is 0 Å². The molecular formula is C9H12N2O. The Kier molecular flexibility index (Phi) is 2.80. The van der Waals surface area contributed by atoms with E-state index in [-0.39, 0.29) is 5.78 Å². The van der Waals surface area contributed by atoms with E-state index in [4.69, 9.17) is 0 Å². The summed E-state index contributed by atoms with van der Waals surface area (Å²) in [4.78, 5) is 11.1. The van der Waals surface area contributed by atoms with Crippen LogP contribution in [0.4, 0.5) is 0 Å². The Morgan fingerprint density at radius 1 is 1.83 bits per heavy atom. The number of hydrogen-bond donors (Lipinski definition) is 0. The van der Waals surface area contributed by atoms with E-state index in [1.54, 1.807) is 10.8 Å². The standard InChI is InChI=1S/C9H12N2O/c1-3-4-9(12)7-8-5-6-11(2)10-8/h3,5-6H,1,4,7H2,2H3. The van der Waals surface area contributed by atoms with Crippen LogP contribution >= 0.6 is 0 Å². The van der Waals surface area contributed by atoms with E-state index < -0.39 is 0 Å². The van der Waals surface area contributed by atoms with Gasteiger partial charge in [0.1, 0.15) is 5.78 Å². The smallest absolute Gasteiger partial charge is 0.142 e. The lowest BCUT2D eigenvalue weighted by Gasteiger charge is -1.92. The second kappa shape index (κ2) is 3.85. The number of rotatable bonds is 4. The lowest BCUT2D eigenvalue weighted by Crippen LogP contribution is -2.02. The van der Waals surface area contributed by atoms with Crippen molar-refractivity contribution in [3.63, 3.8) is 0 Å². The minimum absolute atomic E-state index is 0.156. The summed E-state index contributed by atoms with van der Waals surface area (Å²) in [5.74, 6) is 0.156. The maximum atomic E-state index is 11.1. The molecule has 0 saturated heterocycles. The van der Waals surface area contributed by atoms with Crippen LogP contribution in [0.5, 0.6) is 0 Å². The first-order chi connectivity index (χ1) is 5.72. The Bertz CT molecular complexity index is 288. The Morgan fingerprint density at radius 2 is 2.58 bits per heavy atom. The van der Waals surface area contributed by atoms with Crippen LogP contribution in [0.15, 0.2) is 24.9 Å². The zero-order chi connectivity index (χ0) is 8.97. The highest BCUT2D eigenvalue weighted by atomic mass is 16.1. The number of carbonyl (C=O) groups is 1. The summed E-state index contributed by atoms with van der Waals surface area (Å²) in [5.41, 5.74) is 0.823. The van der Waals surface area contributed by atoms with Gasteiger partial charge in [-0.15, -0.1) is 6.58 Å². The maximum Gasteiger partial charge on any atom is 0.142 e. The first kappa shape index (κ1) is 8.71. The van der Waals surface area contributed by atoms with E-state index in [0.717, 1.165) is 5.69 Å². The molecular weight excluding hydrogens is 152 g/mol. The third kappa shape index (κ3) is 2.34. The quantitative estimate of drug-likeness (QED) is 0.625. The number of ketones is 1. The molecule has 1 aromatic heterocycles. The molecule has 0 unspecified atom stereocenters. The molecule has 0 atom stereocenters. The van der Waals surface area contributed by atoms with Crippen molar-refractivity contribution in [1.82, 2.24) is 9.78 Å². The topological polar surface area (TPSA) is 34.9 Å². The fourth-order valence-electron chi connectivity index (χ4n) is 0.993. The van der Waals surface area contributed by atoms with Gasteiger partial charge in [0.2, 0.25) is 0 Å². The van der Waals surface area contributed by atoms with Gasteiger partial charge in [0, 0.05) is 19.7 Å². The number of carbonyl (C=O) groups excluding carboxylic acids is 1. The van der Waals surface area contributed by atoms with E-state index in [2.05, 4.69) is 11.7 Å². The van der Waals surface area contributed by atoms with Crippen LogP contribution < -0.4 is 0 Å². The lowest BCUT2D eigenvalue weighted by atomic mass is 10.2. The predicted octanol–water partition coefficient (Wildman–Crippen LogP) is 1.11. The van der Waals surface area contributed by atoms with Crippen LogP contribution in [-0.4, -0.2) is 15.6 Å². The molecule has 0 aliphatic heterocycles. The van der Waals surface area contributed by atoms with Gasteiger partial charge in [-0.05, 0) is 6.07 Å². The van der Waals surface area contributed by atoms with E-state index in [1.807, 2.05) is 19.3 Å². The van der Waals surface area contributed by atoms with Gasteiger partial charge in [-0.25, -0.2) is 0 Å². The highest BCUT2D eigenvalue weighted by molar-refractivity contribution is 5.81. The number of Topliss-reactive ketones (excluding diaryl/α,β-unsaturated/α-hetero) is 1. The molecule has 0 amide bonds. The van der Waals surface area contributed by atoms with Crippen molar-refractivity contribution in [3.8, 4) is 0 Å². The molecule has 3 heteroatoms. The molecule has 12 heavy (non-hydrogen) atoms. The number of nitrogens with zero attached hydrogens (tertiary/aromatic N) is 2. The van der Waals surface area contributed by atoms with E-state index in [0.29, 0.717) is 12.8 Å². The van der Waals surface area contributed by atoms with Crippen molar-refractivity contribution in [2.45, 2.75) is 12.8 Å². The van der Waals surface area contributed by atoms with Gasteiger partial charge >= 0.3 is 0 Å². The highest BCUT2D eigenvalue weighted by Crippen LogP contribution is 1.98. The summed E-state index contributed by atoms with van der Waals surface area (Å²) < 4.78 is 1.69. The number of hydrogen-bond acceptors (Lipinski definition) is 2. The predicted molar refractivity (Wildman–Crippen MR) is 46.7 cm³/mol. The molecule has 0 N–H and O–H groups in total. The van der Waals surface area contributed by atoms with Gasteiger partial charge in [-0.2, -0.15) is 5.10 Å².